The van der Waals surface area contributed by atoms with Crippen molar-refractivity contribution in [3.8, 4) is 5.75 Å². The Morgan fingerprint density at radius 1 is 1.36 bits per heavy atom. The summed E-state index contributed by atoms with van der Waals surface area (Å²) in [6.45, 7) is 4.29. The van der Waals surface area contributed by atoms with Crippen LogP contribution in [0.25, 0.3) is 0 Å². The number of benzene rings is 1. The Labute approximate surface area is 139 Å². The molecule has 2 rings (SSSR count). The smallest absolute Gasteiger partial charge is 0.254 e. The third kappa shape index (κ3) is 4.81. The Kier molecular flexibility index (Phi) is 6.39. The summed E-state index contributed by atoms with van der Waals surface area (Å²) in [5.74, 6) is 0.708. The van der Waals surface area contributed by atoms with Crippen molar-refractivity contribution in [3.63, 3.8) is 0 Å². The highest BCUT2D eigenvalue weighted by Gasteiger charge is 2.13. The highest BCUT2D eigenvalue weighted by atomic mass is 79.9. The second-order valence-corrected chi connectivity index (χ2v) is 6.27. The molecule has 5 nitrogen and oxygen atoms in total. The zero-order valence-electron chi connectivity index (χ0n) is 13.1. The maximum Gasteiger partial charge on any atom is 0.254 e. The van der Waals surface area contributed by atoms with E-state index in [9.17, 15) is 4.79 Å². The van der Waals surface area contributed by atoms with Crippen molar-refractivity contribution in [2.24, 2.45) is 5.10 Å². The van der Waals surface area contributed by atoms with Crippen molar-refractivity contribution in [3.05, 3.63) is 28.2 Å². The molecule has 1 N–H and O–H groups in total. The van der Waals surface area contributed by atoms with Crippen LogP contribution in [0.1, 0.15) is 31.7 Å². The Hall–Kier alpha value is -1.40. The van der Waals surface area contributed by atoms with Crippen LogP contribution in [-0.4, -0.2) is 43.3 Å². The predicted molar refractivity (Wildman–Crippen MR) is 91.3 cm³/mol. The molecule has 1 heterocycles. The number of piperidine rings is 1. The van der Waals surface area contributed by atoms with Gasteiger partial charge in [0.05, 0.1) is 23.8 Å². The quantitative estimate of drug-likeness (QED) is 0.642. The lowest BCUT2D eigenvalue weighted by Crippen LogP contribution is -2.38. The summed E-state index contributed by atoms with van der Waals surface area (Å²) < 4.78 is 6.06. The molecule has 1 fully saturated rings. The number of nitrogens with zero attached hydrogens (tertiary/aromatic N) is 2. The van der Waals surface area contributed by atoms with Gasteiger partial charge in [0.1, 0.15) is 5.75 Å². The lowest BCUT2D eigenvalue weighted by atomic mass is 10.1. The van der Waals surface area contributed by atoms with E-state index in [2.05, 4.69) is 31.4 Å². The van der Waals surface area contributed by atoms with Gasteiger partial charge in [-0.15, -0.1) is 0 Å². The van der Waals surface area contributed by atoms with Crippen LogP contribution in [0.4, 0.5) is 0 Å². The summed E-state index contributed by atoms with van der Waals surface area (Å²) in [6, 6.07) is 5.71. The molecule has 1 saturated heterocycles. The van der Waals surface area contributed by atoms with E-state index in [0.29, 0.717) is 6.54 Å². The van der Waals surface area contributed by atoms with Crippen LogP contribution in [0.5, 0.6) is 5.75 Å². The molecule has 0 aliphatic carbocycles. The Balaban J connectivity index is 1.91. The zero-order valence-corrected chi connectivity index (χ0v) is 14.6. The molecular weight excluding hydrogens is 346 g/mol. The number of halogens is 1. The van der Waals surface area contributed by atoms with Gasteiger partial charge in [-0.1, -0.05) is 6.42 Å². The molecule has 1 aliphatic heterocycles. The van der Waals surface area contributed by atoms with Crippen molar-refractivity contribution in [2.45, 2.75) is 26.2 Å². The molecule has 1 aromatic rings. The standard InChI is InChI=1S/C16H22BrN3O2/c1-12(13-6-7-15(22-2)14(17)10-13)18-19-16(21)11-20-8-4-3-5-9-20/h6-7,10H,3-5,8-9,11H2,1-2H3,(H,19,21)/b18-12-. The normalized spacial score (nSPS) is 16.4. The fourth-order valence-electron chi connectivity index (χ4n) is 2.46. The van der Waals surface area contributed by atoms with Crippen LogP contribution < -0.4 is 10.2 Å². The lowest BCUT2D eigenvalue weighted by molar-refractivity contribution is -0.122. The van der Waals surface area contributed by atoms with E-state index in [4.69, 9.17) is 4.74 Å². The van der Waals surface area contributed by atoms with Gasteiger partial charge in [-0.2, -0.15) is 5.10 Å². The fraction of sp³-hybridized carbons (Fsp3) is 0.500. The highest BCUT2D eigenvalue weighted by Crippen LogP contribution is 2.25. The molecule has 0 bridgehead atoms. The zero-order chi connectivity index (χ0) is 15.9. The van der Waals surface area contributed by atoms with Crippen molar-refractivity contribution < 1.29 is 9.53 Å². The third-order valence-corrected chi connectivity index (χ3v) is 4.35. The summed E-state index contributed by atoms with van der Waals surface area (Å²) in [7, 11) is 1.63. The number of methoxy groups -OCH3 is 1. The van der Waals surface area contributed by atoms with E-state index in [0.717, 1.165) is 34.6 Å². The van der Waals surface area contributed by atoms with Crippen LogP contribution in [0.3, 0.4) is 0 Å². The van der Waals surface area contributed by atoms with Crippen molar-refractivity contribution in [2.75, 3.05) is 26.7 Å². The number of amides is 1. The number of nitrogens with one attached hydrogen (secondary N) is 1. The molecule has 6 heteroatoms. The minimum absolute atomic E-state index is 0.0613. The highest BCUT2D eigenvalue weighted by molar-refractivity contribution is 9.10. The first-order valence-electron chi connectivity index (χ1n) is 7.49. The number of hydrogen-bond acceptors (Lipinski definition) is 4. The largest absolute Gasteiger partial charge is 0.496 e. The van der Waals surface area contributed by atoms with Crippen molar-refractivity contribution in [1.82, 2.24) is 10.3 Å². The molecule has 1 aromatic carbocycles. The van der Waals surface area contributed by atoms with Crippen LogP contribution in [0.15, 0.2) is 27.8 Å². The van der Waals surface area contributed by atoms with Gasteiger partial charge in [0.2, 0.25) is 0 Å². The van der Waals surface area contributed by atoms with Gasteiger partial charge in [0, 0.05) is 0 Å². The number of hydrogen-bond donors (Lipinski definition) is 1. The molecule has 0 unspecified atom stereocenters. The lowest BCUT2D eigenvalue weighted by Gasteiger charge is -2.25. The summed E-state index contributed by atoms with van der Waals surface area (Å²) in [4.78, 5) is 14.1. The van der Waals surface area contributed by atoms with E-state index in [-0.39, 0.29) is 5.91 Å². The topological polar surface area (TPSA) is 53.9 Å². The molecule has 0 saturated carbocycles. The summed E-state index contributed by atoms with van der Waals surface area (Å²) >= 11 is 3.45. The summed E-state index contributed by atoms with van der Waals surface area (Å²) in [5, 5.41) is 4.19. The molecule has 0 radical (unpaired) electrons. The first kappa shape index (κ1) is 17.0. The average Bonchev–Trinajstić information content (AvgIpc) is 2.53. The van der Waals surface area contributed by atoms with Gasteiger partial charge >= 0.3 is 0 Å². The molecule has 0 aromatic heterocycles. The second-order valence-electron chi connectivity index (χ2n) is 5.42. The van der Waals surface area contributed by atoms with Gasteiger partial charge in [-0.3, -0.25) is 9.69 Å². The van der Waals surface area contributed by atoms with E-state index >= 15 is 0 Å². The molecule has 1 aliphatic rings. The maximum absolute atomic E-state index is 11.9. The predicted octanol–water partition coefficient (Wildman–Crippen LogP) is 2.78. The van der Waals surface area contributed by atoms with Crippen LogP contribution in [0, 0.1) is 0 Å². The van der Waals surface area contributed by atoms with Crippen molar-refractivity contribution >= 4 is 27.5 Å². The molecule has 0 spiro atoms. The van der Waals surface area contributed by atoms with E-state index < -0.39 is 0 Å². The molecule has 1 amide bonds. The molecule has 0 atom stereocenters. The minimum atomic E-state index is -0.0613. The minimum Gasteiger partial charge on any atom is -0.496 e. The Morgan fingerprint density at radius 2 is 2.09 bits per heavy atom. The monoisotopic (exact) mass is 367 g/mol. The van der Waals surface area contributed by atoms with Gasteiger partial charge in [0.15, 0.2) is 0 Å². The summed E-state index contributed by atoms with van der Waals surface area (Å²) in [6.07, 6.45) is 3.62. The maximum atomic E-state index is 11.9. The van der Waals surface area contributed by atoms with Crippen LogP contribution >= 0.6 is 15.9 Å². The molecule has 120 valence electrons. The Bertz CT molecular complexity index is 554. The van der Waals surface area contributed by atoms with Gasteiger partial charge < -0.3 is 4.74 Å². The van der Waals surface area contributed by atoms with Gasteiger partial charge in [-0.05, 0) is 72.5 Å². The van der Waals surface area contributed by atoms with E-state index in [1.54, 1.807) is 7.11 Å². The van der Waals surface area contributed by atoms with Gasteiger partial charge in [0.25, 0.3) is 5.91 Å². The van der Waals surface area contributed by atoms with Crippen molar-refractivity contribution in [1.29, 1.82) is 0 Å². The first-order chi connectivity index (χ1) is 10.6. The van der Waals surface area contributed by atoms with Gasteiger partial charge in [-0.25, -0.2) is 5.43 Å². The number of rotatable bonds is 5. The Morgan fingerprint density at radius 3 is 2.73 bits per heavy atom. The van der Waals surface area contributed by atoms with Crippen LogP contribution in [-0.2, 0) is 4.79 Å². The number of carbonyl (C=O) groups excluding carboxylic acids is 1. The average molecular weight is 368 g/mol. The summed E-state index contributed by atoms with van der Waals surface area (Å²) in [5.41, 5.74) is 4.33. The number of ether oxygens (including phenoxy) is 1. The third-order valence-electron chi connectivity index (χ3n) is 3.73. The SMILES string of the molecule is COc1ccc(/C(C)=N\NC(=O)CN2CCCCC2)cc1Br. The fourth-order valence-corrected chi connectivity index (χ4v) is 3.00. The van der Waals surface area contributed by atoms with Crippen LogP contribution in [0.2, 0.25) is 0 Å². The number of carbonyl (C=O) groups is 1. The number of hydrazone groups is 1. The van der Waals surface area contributed by atoms with E-state index in [1.807, 2.05) is 25.1 Å². The number of likely N-dealkylation sites (tertiary alicyclic amines) is 1. The molecular formula is C16H22BrN3O2. The first-order valence-corrected chi connectivity index (χ1v) is 8.29. The van der Waals surface area contributed by atoms with E-state index in [1.165, 1.54) is 19.3 Å². The molecule has 22 heavy (non-hydrogen) atoms. The second kappa shape index (κ2) is 8.29.